The highest BCUT2D eigenvalue weighted by molar-refractivity contribution is 5.42. The molecule has 0 saturated heterocycles. The monoisotopic (exact) mass is 250 g/mol. The maximum atomic E-state index is 5.62. The van der Waals surface area contributed by atoms with Crippen molar-refractivity contribution >= 4 is 5.69 Å². The second-order valence-electron chi connectivity index (χ2n) is 4.61. The van der Waals surface area contributed by atoms with Gasteiger partial charge in [0.2, 0.25) is 0 Å². The Labute approximate surface area is 111 Å². The molecule has 0 saturated carbocycles. The number of hydrogen-bond acceptors (Lipinski definition) is 3. The van der Waals surface area contributed by atoms with Crippen LogP contribution in [0.5, 0.6) is 0 Å². The number of ether oxygens (including phenoxy) is 1. The van der Waals surface area contributed by atoms with E-state index in [1.807, 2.05) is 18.2 Å². The van der Waals surface area contributed by atoms with Crippen LogP contribution in [0.3, 0.4) is 0 Å². The first-order valence-corrected chi connectivity index (χ1v) is 6.90. The quantitative estimate of drug-likeness (QED) is 0.626. The summed E-state index contributed by atoms with van der Waals surface area (Å²) in [7, 11) is 0. The Hall–Kier alpha value is -1.06. The molecule has 0 aromatic heterocycles. The Bertz CT molecular complexity index is 290. The third kappa shape index (κ3) is 7.30. The molecule has 1 rings (SSSR count). The van der Waals surface area contributed by atoms with E-state index in [0.29, 0.717) is 5.92 Å². The molecule has 2 N–H and O–H groups in total. The van der Waals surface area contributed by atoms with Crippen LogP contribution >= 0.6 is 0 Å². The van der Waals surface area contributed by atoms with Crippen LogP contribution in [-0.2, 0) is 4.74 Å². The van der Waals surface area contributed by atoms with Gasteiger partial charge in [-0.15, -0.1) is 0 Å². The third-order valence-corrected chi connectivity index (χ3v) is 2.85. The first kappa shape index (κ1) is 15.0. The summed E-state index contributed by atoms with van der Waals surface area (Å²) in [4.78, 5) is 0. The summed E-state index contributed by atoms with van der Waals surface area (Å²) in [6.07, 6.45) is 1.12. The van der Waals surface area contributed by atoms with Crippen LogP contribution in [0.15, 0.2) is 30.3 Å². The normalized spacial score (nSPS) is 12.3. The van der Waals surface area contributed by atoms with Crippen molar-refractivity contribution in [1.29, 1.82) is 0 Å². The molecule has 0 heterocycles. The van der Waals surface area contributed by atoms with Gasteiger partial charge in [0, 0.05) is 18.8 Å². The number of nitrogens with one attached hydrogen (secondary N) is 2. The van der Waals surface area contributed by atoms with Crippen LogP contribution in [0.4, 0.5) is 5.69 Å². The topological polar surface area (TPSA) is 33.3 Å². The van der Waals surface area contributed by atoms with Gasteiger partial charge in [-0.25, -0.2) is 0 Å². The number of rotatable bonds is 10. The van der Waals surface area contributed by atoms with Crippen molar-refractivity contribution in [2.24, 2.45) is 5.92 Å². The second-order valence-corrected chi connectivity index (χ2v) is 4.61. The van der Waals surface area contributed by atoms with Crippen LogP contribution in [0, 0.1) is 5.92 Å². The molecule has 102 valence electrons. The minimum atomic E-state index is 0.687. The van der Waals surface area contributed by atoms with Crippen LogP contribution in [0.2, 0.25) is 0 Å². The third-order valence-electron chi connectivity index (χ3n) is 2.85. The van der Waals surface area contributed by atoms with E-state index in [2.05, 4.69) is 36.6 Å². The van der Waals surface area contributed by atoms with E-state index in [1.54, 1.807) is 0 Å². The number of para-hydroxylation sites is 1. The van der Waals surface area contributed by atoms with E-state index in [9.17, 15) is 0 Å². The molecule has 0 amide bonds. The molecule has 0 fully saturated rings. The van der Waals surface area contributed by atoms with Crippen molar-refractivity contribution in [3.63, 3.8) is 0 Å². The van der Waals surface area contributed by atoms with Crippen LogP contribution in [0.1, 0.15) is 20.3 Å². The molecule has 1 aromatic carbocycles. The smallest absolute Gasteiger partial charge is 0.0639 e. The predicted molar refractivity (Wildman–Crippen MR) is 78.1 cm³/mol. The van der Waals surface area contributed by atoms with Gasteiger partial charge in [-0.3, -0.25) is 0 Å². The highest BCUT2D eigenvalue weighted by Gasteiger charge is 2.00. The lowest BCUT2D eigenvalue weighted by Crippen LogP contribution is -2.21. The first-order valence-electron chi connectivity index (χ1n) is 6.90. The molecular formula is C15H26N2O. The molecule has 3 heteroatoms. The van der Waals surface area contributed by atoms with Gasteiger partial charge in [0.05, 0.1) is 6.61 Å². The summed E-state index contributed by atoms with van der Waals surface area (Å²) < 4.78 is 5.62. The van der Waals surface area contributed by atoms with E-state index >= 15 is 0 Å². The molecule has 0 aliphatic rings. The lowest BCUT2D eigenvalue weighted by Gasteiger charge is -2.12. The number of anilines is 1. The fourth-order valence-corrected chi connectivity index (χ4v) is 1.70. The first-order chi connectivity index (χ1) is 8.83. The van der Waals surface area contributed by atoms with Gasteiger partial charge in [0.1, 0.15) is 0 Å². The summed E-state index contributed by atoms with van der Waals surface area (Å²) in [5.74, 6) is 0.687. The average molecular weight is 250 g/mol. The Morgan fingerprint density at radius 1 is 1.17 bits per heavy atom. The Morgan fingerprint density at radius 3 is 2.67 bits per heavy atom. The highest BCUT2D eigenvalue weighted by Crippen LogP contribution is 2.04. The maximum absolute atomic E-state index is 5.62. The Kier molecular flexibility index (Phi) is 8.26. The van der Waals surface area contributed by atoms with Crippen molar-refractivity contribution in [3.8, 4) is 0 Å². The molecular weight excluding hydrogens is 224 g/mol. The van der Waals surface area contributed by atoms with Crippen molar-refractivity contribution < 1.29 is 4.74 Å². The molecule has 0 spiro atoms. The zero-order valence-corrected chi connectivity index (χ0v) is 11.6. The predicted octanol–water partition coefficient (Wildman–Crippen LogP) is 2.75. The Morgan fingerprint density at radius 2 is 1.94 bits per heavy atom. The SMILES string of the molecule is CCNCC(C)CCOCCNc1ccccc1. The van der Waals surface area contributed by atoms with Crippen molar-refractivity contribution in [2.75, 3.05) is 38.2 Å². The minimum Gasteiger partial charge on any atom is -0.383 e. The standard InChI is InChI=1S/C15H26N2O/c1-3-16-13-14(2)9-11-18-12-10-17-15-7-5-4-6-8-15/h4-8,14,16-17H,3,9-13H2,1-2H3. The van der Waals surface area contributed by atoms with Crippen molar-refractivity contribution in [2.45, 2.75) is 20.3 Å². The second kappa shape index (κ2) is 9.92. The molecule has 0 aliphatic heterocycles. The van der Waals surface area contributed by atoms with Crippen molar-refractivity contribution in [1.82, 2.24) is 5.32 Å². The van der Waals surface area contributed by atoms with E-state index in [0.717, 1.165) is 45.0 Å². The fraction of sp³-hybridized carbons (Fsp3) is 0.600. The van der Waals surface area contributed by atoms with Crippen LogP contribution < -0.4 is 10.6 Å². The van der Waals surface area contributed by atoms with E-state index in [4.69, 9.17) is 4.74 Å². The average Bonchev–Trinajstić information content (AvgIpc) is 2.41. The van der Waals surface area contributed by atoms with Gasteiger partial charge in [0.25, 0.3) is 0 Å². The summed E-state index contributed by atoms with van der Waals surface area (Å²) in [5.41, 5.74) is 1.15. The van der Waals surface area contributed by atoms with Gasteiger partial charge >= 0.3 is 0 Å². The van der Waals surface area contributed by atoms with Gasteiger partial charge in [-0.2, -0.15) is 0 Å². The fourth-order valence-electron chi connectivity index (χ4n) is 1.70. The molecule has 1 unspecified atom stereocenters. The van der Waals surface area contributed by atoms with Crippen LogP contribution in [-0.4, -0.2) is 32.8 Å². The van der Waals surface area contributed by atoms with E-state index in [-0.39, 0.29) is 0 Å². The molecule has 18 heavy (non-hydrogen) atoms. The summed E-state index contributed by atoms with van der Waals surface area (Å²) >= 11 is 0. The maximum Gasteiger partial charge on any atom is 0.0639 e. The minimum absolute atomic E-state index is 0.687. The molecule has 1 atom stereocenters. The molecule has 0 radical (unpaired) electrons. The zero-order valence-electron chi connectivity index (χ0n) is 11.6. The molecule has 0 bridgehead atoms. The van der Waals surface area contributed by atoms with Gasteiger partial charge in [-0.1, -0.05) is 32.0 Å². The number of benzene rings is 1. The lowest BCUT2D eigenvalue weighted by atomic mass is 10.1. The lowest BCUT2D eigenvalue weighted by molar-refractivity contribution is 0.130. The number of hydrogen-bond donors (Lipinski definition) is 2. The van der Waals surface area contributed by atoms with Crippen LogP contribution in [0.25, 0.3) is 0 Å². The largest absolute Gasteiger partial charge is 0.383 e. The molecule has 3 nitrogen and oxygen atoms in total. The Balaban J connectivity index is 1.93. The highest BCUT2D eigenvalue weighted by atomic mass is 16.5. The summed E-state index contributed by atoms with van der Waals surface area (Å²) in [6.45, 7) is 9.01. The van der Waals surface area contributed by atoms with Gasteiger partial charge in [0.15, 0.2) is 0 Å². The van der Waals surface area contributed by atoms with Gasteiger partial charge in [-0.05, 0) is 37.6 Å². The van der Waals surface area contributed by atoms with Gasteiger partial charge < -0.3 is 15.4 Å². The molecule has 1 aromatic rings. The van der Waals surface area contributed by atoms with E-state index < -0.39 is 0 Å². The molecule has 0 aliphatic carbocycles. The summed E-state index contributed by atoms with van der Waals surface area (Å²) in [5, 5.41) is 6.68. The zero-order chi connectivity index (χ0) is 13.1. The van der Waals surface area contributed by atoms with Crippen molar-refractivity contribution in [3.05, 3.63) is 30.3 Å². The van der Waals surface area contributed by atoms with E-state index in [1.165, 1.54) is 0 Å². The summed E-state index contributed by atoms with van der Waals surface area (Å²) in [6, 6.07) is 10.2.